The van der Waals surface area contributed by atoms with E-state index in [0.29, 0.717) is 17.9 Å². The Morgan fingerprint density at radius 1 is 1.39 bits per heavy atom. The van der Waals surface area contributed by atoms with E-state index in [-0.39, 0.29) is 5.91 Å². The molecule has 1 amide bonds. The lowest BCUT2D eigenvalue weighted by Crippen LogP contribution is -2.12. The predicted molar refractivity (Wildman–Crippen MR) is 70.4 cm³/mol. The Hall–Kier alpha value is -1.53. The van der Waals surface area contributed by atoms with Crippen molar-refractivity contribution in [2.75, 3.05) is 18.7 Å². The Kier molecular flexibility index (Phi) is 5.67. The number of hydrogen-bond donors (Lipinski definition) is 1. The summed E-state index contributed by atoms with van der Waals surface area (Å²) in [6.07, 6.45) is 1.82. The molecular weight excluding hydrogens is 254 g/mol. The van der Waals surface area contributed by atoms with Crippen LogP contribution in [0.5, 0.6) is 0 Å². The average Bonchev–Trinajstić information content (AvgIpc) is 2.35. The summed E-state index contributed by atoms with van der Waals surface area (Å²) in [4.78, 5) is 22.6. The molecule has 1 rings (SSSR count). The fourth-order valence-electron chi connectivity index (χ4n) is 1.39. The van der Waals surface area contributed by atoms with Crippen LogP contribution in [0.15, 0.2) is 18.2 Å². The Bertz CT molecular complexity index is 448. The summed E-state index contributed by atoms with van der Waals surface area (Å²) in [6.45, 7) is 1.78. The molecule has 0 bridgehead atoms. The van der Waals surface area contributed by atoms with Crippen LogP contribution >= 0.6 is 12.0 Å². The van der Waals surface area contributed by atoms with Gasteiger partial charge in [0.2, 0.25) is 5.91 Å². The van der Waals surface area contributed by atoms with Gasteiger partial charge in [-0.2, -0.15) is 0 Å². The van der Waals surface area contributed by atoms with E-state index in [1.54, 1.807) is 18.2 Å². The number of rotatable bonds is 5. The fourth-order valence-corrected chi connectivity index (χ4v) is 1.64. The monoisotopic (exact) mass is 269 g/mol. The zero-order valence-corrected chi connectivity index (χ0v) is 11.3. The number of amides is 1. The highest BCUT2D eigenvalue weighted by Crippen LogP contribution is 2.20. The number of methoxy groups -OCH3 is 1. The van der Waals surface area contributed by atoms with Crippen LogP contribution in [-0.2, 0) is 20.3 Å². The lowest BCUT2D eigenvalue weighted by Gasteiger charge is -2.10. The lowest BCUT2D eigenvalue weighted by molar-refractivity contribution is -0.114. The van der Waals surface area contributed by atoms with Gasteiger partial charge in [0, 0.05) is 13.2 Å². The standard InChI is InChI=1S/C12H15NO4S/c1-8(14)13-11-6-9(7-17-18-3)4-5-10(11)12(15)16-2/h4-6H,7H2,1-3H3,(H,13,14). The van der Waals surface area contributed by atoms with Crippen LogP contribution in [0.3, 0.4) is 0 Å². The molecular formula is C12H15NO4S. The molecule has 1 N–H and O–H groups in total. The number of ether oxygens (including phenoxy) is 1. The molecule has 0 atom stereocenters. The molecule has 5 nitrogen and oxygen atoms in total. The zero-order chi connectivity index (χ0) is 13.5. The van der Waals surface area contributed by atoms with Gasteiger partial charge < -0.3 is 14.2 Å². The maximum atomic E-state index is 11.5. The molecule has 98 valence electrons. The van der Waals surface area contributed by atoms with Crippen molar-refractivity contribution in [3.05, 3.63) is 29.3 Å². The molecule has 0 aromatic heterocycles. The molecule has 0 aliphatic rings. The van der Waals surface area contributed by atoms with Gasteiger partial charge in [0.1, 0.15) is 0 Å². The Balaban J connectivity index is 3.03. The van der Waals surface area contributed by atoms with E-state index in [9.17, 15) is 9.59 Å². The lowest BCUT2D eigenvalue weighted by atomic mass is 10.1. The molecule has 6 heteroatoms. The van der Waals surface area contributed by atoms with Gasteiger partial charge in [0.05, 0.1) is 25.0 Å². The molecule has 0 aliphatic carbocycles. The molecule has 18 heavy (non-hydrogen) atoms. The van der Waals surface area contributed by atoms with Crippen molar-refractivity contribution in [2.45, 2.75) is 13.5 Å². The summed E-state index contributed by atoms with van der Waals surface area (Å²) in [7, 11) is 1.30. The van der Waals surface area contributed by atoms with Crippen molar-refractivity contribution < 1.29 is 18.5 Å². The third kappa shape index (κ3) is 4.05. The zero-order valence-electron chi connectivity index (χ0n) is 10.5. The fraction of sp³-hybridized carbons (Fsp3) is 0.333. The van der Waals surface area contributed by atoms with Crippen molar-refractivity contribution in [1.82, 2.24) is 0 Å². The number of carbonyl (C=O) groups excluding carboxylic acids is 2. The van der Waals surface area contributed by atoms with Crippen LogP contribution in [0.4, 0.5) is 5.69 Å². The maximum Gasteiger partial charge on any atom is 0.339 e. The number of hydrogen-bond acceptors (Lipinski definition) is 5. The number of benzene rings is 1. The first kappa shape index (κ1) is 14.5. The van der Waals surface area contributed by atoms with Crippen molar-refractivity contribution in [2.24, 2.45) is 0 Å². The van der Waals surface area contributed by atoms with E-state index in [0.717, 1.165) is 5.56 Å². The SMILES string of the molecule is COC(=O)c1ccc(COSC)cc1NC(C)=O. The second kappa shape index (κ2) is 7.03. The van der Waals surface area contributed by atoms with Crippen molar-refractivity contribution >= 4 is 29.6 Å². The number of anilines is 1. The van der Waals surface area contributed by atoms with E-state index in [1.807, 2.05) is 6.26 Å². The normalized spacial score (nSPS) is 9.94. The van der Waals surface area contributed by atoms with E-state index < -0.39 is 5.97 Å². The number of carbonyl (C=O) groups is 2. The quantitative estimate of drug-likeness (QED) is 0.656. The van der Waals surface area contributed by atoms with E-state index >= 15 is 0 Å². The average molecular weight is 269 g/mol. The van der Waals surface area contributed by atoms with Crippen LogP contribution < -0.4 is 5.32 Å². The Morgan fingerprint density at radius 3 is 2.67 bits per heavy atom. The minimum absolute atomic E-state index is 0.247. The summed E-state index contributed by atoms with van der Waals surface area (Å²) in [6, 6.07) is 5.06. The molecule has 0 aliphatic heterocycles. The first-order valence-electron chi connectivity index (χ1n) is 5.23. The number of nitrogens with one attached hydrogen (secondary N) is 1. The molecule has 0 spiro atoms. The second-order valence-corrected chi connectivity index (χ2v) is 4.05. The van der Waals surface area contributed by atoms with Gasteiger partial charge in [-0.15, -0.1) is 0 Å². The first-order valence-corrected chi connectivity index (χ1v) is 6.38. The van der Waals surface area contributed by atoms with Crippen LogP contribution in [0.2, 0.25) is 0 Å². The van der Waals surface area contributed by atoms with Gasteiger partial charge in [-0.1, -0.05) is 6.07 Å². The molecule has 1 aromatic rings. The van der Waals surface area contributed by atoms with Crippen molar-refractivity contribution in [3.8, 4) is 0 Å². The highest BCUT2D eigenvalue weighted by molar-refractivity contribution is 7.93. The number of esters is 1. The van der Waals surface area contributed by atoms with E-state index in [1.165, 1.54) is 26.1 Å². The van der Waals surface area contributed by atoms with Gasteiger partial charge in [0.25, 0.3) is 0 Å². The largest absolute Gasteiger partial charge is 0.465 e. The van der Waals surface area contributed by atoms with Gasteiger partial charge in [-0.25, -0.2) is 4.79 Å². The van der Waals surface area contributed by atoms with Crippen molar-refractivity contribution in [3.63, 3.8) is 0 Å². The topological polar surface area (TPSA) is 64.6 Å². The van der Waals surface area contributed by atoms with Crippen LogP contribution in [0, 0.1) is 0 Å². The molecule has 0 saturated carbocycles. The smallest absolute Gasteiger partial charge is 0.339 e. The third-order valence-electron chi connectivity index (χ3n) is 2.14. The van der Waals surface area contributed by atoms with Gasteiger partial charge in [-0.05, 0) is 29.7 Å². The second-order valence-electron chi connectivity index (χ2n) is 3.48. The molecule has 1 aromatic carbocycles. The summed E-state index contributed by atoms with van der Waals surface area (Å²) in [5.74, 6) is -0.737. The first-order chi connectivity index (χ1) is 8.58. The summed E-state index contributed by atoms with van der Waals surface area (Å²) in [5, 5.41) is 2.60. The Morgan fingerprint density at radius 2 is 2.11 bits per heavy atom. The van der Waals surface area contributed by atoms with Gasteiger partial charge in [-0.3, -0.25) is 4.79 Å². The molecule has 0 heterocycles. The van der Waals surface area contributed by atoms with E-state index in [4.69, 9.17) is 4.18 Å². The minimum Gasteiger partial charge on any atom is -0.465 e. The third-order valence-corrected chi connectivity index (χ3v) is 2.50. The maximum absolute atomic E-state index is 11.5. The molecule has 0 fully saturated rings. The van der Waals surface area contributed by atoms with Crippen LogP contribution in [0.1, 0.15) is 22.8 Å². The summed E-state index contributed by atoms with van der Waals surface area (Å²) < 4.78 is 9.85. The summed E-state index contributed by atoms with van der Waals surface area (Å²) >= 11 is 1.25. The molecule has 0 saturated heterocycles. The Labute approximate surface area is 110 Å². The minimum atomic E-state index is -0.490. The van der Waals surface area contributed by atoms with Gasteiger partial charge in [0.15, 0.2) is 0 Å². The van der Waals surface area contributed by atoms with Crippen LogP contribution in [0.25, 0.3) is 0 Å². The highest BCUT2D eigenvalue weighted by atomic mass is 32.2. The predicted octanol–water partition coefficient (Wildman–Crippen LogP) is 2.23. The molecule has 0 radical (unpaired) electrons. The molecule has 0 unspecified atom stereocenters. The van der Waals surface area contributed by atoms with E-state index in [2.05, 4.69) is 10.1 Å². The van der Waals surface area contributed by atoms with Gasteiger partial charge >= 0.3 is 5.97 Å². The highest BCUT2D eigenvalue weighted by Gasteiger charge is 2.13. The summed E-state index contributed by atoms with van der Waals surface area (Å²) in [5.41, 5.74) is 1.61. The van der Waals surface area contributed by atoms with Crippen LogP contribution in [-0.4, -0.2) is 25.2 Å². The van der Waals surface area contributed by atoms with Crippen molar-refractivity contribution in [1.29, 1.82) is 0 Å².